The molecule has 0 atom stereocenters. The van der Waals surface area contributed by atoms with E-state index in [4.69, 9.17) is 0 Å². The topological polar surface area (TPSA) is 52.7 Å². The predicted octanol–water partition coefficient (Wildman–Crippen LogP) is 4.01. The first-order valence-corrected chi connectivity index (χ1v) is 9.07. The van der Waals surface area contributed by atoms with E-state index >= 15 is 0 Å². The van der Waals surface area contributed by atoms with Crippen molar-refractivity contribution in [2.75, 3.05) is 0 Å². The standard InChI is InChI=1S/C20H17BrN4O/c1-13-3-8-18(14(2)9-13)25-19-17(10-23-25)20(26)24(12-22-19)11-15-4-6-16(21)7-5-15/h3-10,12H,11H2,1-2H3. The summed E-state index contributed by atoms with van der Waals surface area (Å²) in [7, 11) is 0. The molecule has 6 heteroatoms. The van der Waals surface area contributed by atoms with Crippen molar-refractivity contribution in [2.24, 2.45) is 0 Å². The lowest BCUT2D eigenvalue weighted by Gasteiger charge is -2.09. The maximum absolute atomic E-state index is 12.8. The normalized spacial score (nSPS) is 11.2. The van der Waals surface area contributed by atoms with E-state index in [-0.39, 0.29) is 5.56 Å². The van der Waals surface area contributed by atoms with E-state index < -0.39 is 0 Å². The molecule has 4 aromatic rings. The van der Waals surface area contributed by atoms with Crippen LogP contribution in [0.3, 0.4) is 0 Å². The molecule has 0 spiro atoms. The Morgan fingerprint density at radius 3 is 2.58 bits per heavy atom. The minimum Gasteiger partial charge on any atom is -0.294 e. The molecule has 2 aromatic carbocycles. The molecule has 0 amide bonds. The van der Waals surface area contributed by atoms with Gasteiger partial charge in [0.05, 0.1) is 18.4 Å². The van der Waals surface area contributed by atoms with Gasteiger partial charge < -0.3 is 0 Å². The van der Waals surface area contributed by atoms with Crippen molar-refractivity contribution in [3.05, 3.63) is 86.5 Å². The molecule has 0 N–H and O–H groups in total. The molecule has 0 unspecified atom stereocenters. The number of rotatable bonds is 3. The average molecular weight is 409 g/mol. The summed E-state index contributed by atoms with van der Waals surface area (Å²) in [5, 5.41) is 4.93. The molecule has 0 aliphatic rings. The van der Waals surface area contributed by atoms with E-state index in [9.17, 15) is 4.79 Å². The fourth-order valence-electron chi connectivity index (χ4n) is 3.07. The van der Waals surface area contributed by atoms with Crippen molar-refractivity contribution in [1.82, 2.24) is 19.3 Å². The van der Waals surface area contributed by atoms with Crippen molar-refractivity contribution >= 4 is 27.0 Å². The van der Waals surface area contributed by atoms with Crippen molar-refractivity contribution in [3.8, 4) is 5.69 Å². The third kappa shape index (κ3) is 2.97. The Morgan fingerprint density at radius 2 is 1.85 bits per heavy atom. The largest absolute Gasteiger partial charge is 0.294 e. The molecule has 2 aromatic heterocycles. The minimum atomic E-state index is -0.0890. The van der Waals surface area contributed by atoms with E-state index in [1.807, 2.05) is 43.3 Å². The Labute approximate surface area is 159 Å². The minimum absolute atomic E-state index is 0.0890. The van der Waals surface area contributed by atoms with Gasteiger partial charge >= 0.3 is 0 Å². The van der Waals surface area contributed by atoms with Crippen LogP contribution >= 0.6 is 15.9 Å². The molecule has 5 nitrogen and oxygen atoms in total. The number of hydrogen-bond acceptors (Lipinski definition) is 3. The van der Waals surface area contributed by atoms with Crippen LogP contribution in [0.2, 0.25) is 0 Å². The Balaban J connectivity index is 1.78. The van der Waals surface area contributed by atoms with Crippen LogP contribution in [0, 0.1) is 13.8 Å². The fraction of sp³-hybridized carbons (Fsp3) is 0.150. The third-order valence-electron chi connectivity index (χ3n) is 4.40. The summed E-state index contributed by atoms with van der Waals surface area (Å²) in [6, 6.07) is 14.0. The number of fused-ring (bicyclic) bond motifs is 1. The Bertz CT molecular complexity index is 1160. The number of nitrogens with zero attached hydrogens (tertiary/aromatic N) is 4. The van der Waals surface area contributed by atoms with Crippen LogP contribution in [0.1, 0.15) is 16.7 Å². The van der Waals surface area contributed by atoms with Gasteiger partial charge in [-0.25, -0.2) is 9.67 Å². The molecule has 26 heavy (non-hydrogen) atoms. The summed E-state index contributed by atoms with van der Waals surface area (Å²) >= 11 is 3.42. The van der Waals surface area contributed by atoms with Crippen LogP contribution < -0.4 is 5.56 Å². The zero-order valence-electron chi connectivity index (χ0n) is 14.5. The van der Waals surface area contributed by atoms with E-state index in [1.54, 1.807) is 21.8 Å². The van der Waals surface area contributed by atoms with Gasteiger partial charge in [-0.15, -0.1) is 0 Å². The molecule has 4 rings (SSSR count). The first-order chi connectivity index (χ1) is 12.5. The van der Waals surface area contributed by atoms with Crippen molar-refractivity contribution in [3.63, 3.8) is 0 Å². The molecule has 2 heterocycles. The molecule has 0 aliphatic heterocycles. The summed E-state index contributed by atoms with van der Waals surface area (Å²) < 4.78 is 4.35. The number of aryl methyl sites for hydroxylation is 2. The highest BCUT2D eigenvalue weighted by molar-refractivity contribution is 9.10. The molecule has 130 valence electrons. The predicted molar refractivity (Wildman–Crippen MR) is 106 cm³/mol. The maximum Gasteiger partial charge on any atom is 0.264 e. The highest BCUT2D eigenvalue weighted by atomic mass is 79.9. The lowest BCUT2D eigenvalue weighted by atomic mass is 10.1. The highest BCUT2D eigenvalue weighted by Gasteiger charge is 2.13. The van der Waals surface area contributed by atoms with Crippen LogP contribution in [0.15, 0.2) is 64.3 Å². The van der Waals surface area contributed by atoms with Gasteiger partial charge in [-0.05, 0) is 43.2 Å². The van der Waals surface area contributed by atoms with Crippen LogP contribution in [0.25, 0.3) is 16.7 Å². The lowest BCUT2D eigenvalue weighted by molar-refractivity contribution is 0.745. The zero-order valence-corrected chi connectivity index (χ0v) is 16.1. The van der Waals surface area contributed by atoms with Crippen LogP contribution in [-0.2, 0) is 6.54 Å². The molecule has 0 saturated carbocycles. The Hall–Kier alpha value is -2.73. The van der Waals surface area contributed by atoms with Crippen molar-refractivity contribution in [2.45, 2.75) is 20.4 Å². The van der Waals surface area contributed by atoms with Gasteiger partial charge in [-0.2, -0.15) is 5.10 Å². The van der Waals surface area contributed by atoms with Gasteiger partial charge in [0, 0.05) is 4.47 Å². The van der Waals surface area contributed by atoms with Gasteiger partial charge in [-0.3, -0.25) is 9.36 Å². The van der Waals surface area contributed by atoms with Gasteiger partial charge in [0.15, 0.2) is 5.65 Å². The summed E-state index contributed by atoms with van der Waals surface area (Å²) in [6.45, 7) is 4.56. The Kier molecular flexibility index (Phi) is 4.20. The van der Waals surface area contributed by atoms with Gasteiger partial charge in [0.2, 0.25) is 0 Å². The van der Waals surface area contributed by atoms with Crippen molar-refractivity contribution in [1.29, 1.82) is 0 Å². The first-order valence-electron chi connectivity index (χ1n) is 8.28. The lowest BCUT2D eigenvalue weighted by Crippen LogP contribution is -2.21. The average Bonchev–Trinajstić information content (AvgIpc) is 3.04. The SMILES string of the molecule is Cc1ccc(-n2ncc3c(=O)n(Cc4ccc(Br)cc4)cnc32)c(C)c1. The summed E-state index contributed by atoms with van der Waals surface area (Å²) in [5.74, 6) is 0. The van der Waals surface area contributed by atoms with E-state index in [1.165, 1.54) is 5.56 Å². The summed E-state index contributed by atoms with van der Waals surface area (Å²) in [5.41, 5.74) is 4.74. The van der Waals surface area contributed by atoms with E-state index in [0.29, 0.717) is 17.6 Å². The highest BCUT2D eigenvalue weighted by Crippen LogP contribution is 2.19. The number of aromatic nitrogens is 4. The van der Waals surface area contributed by atoms with Crippen LogP contribution in [0.5, 0.6) is 0 Å². The summed E-state index contributed by atoms with van der Waals surface area (Å²) in [4.78, 5) is 17.4. The fourth-order valence-corrected chi connectivity index (χ4v) is 3.33. The Morgan fingerprint density at radius 1 is 1.08 bits per heavy atom. The van der Waals surface area contributed by atoms with Crippen molar-refractivity contribution < 1.29 is 0 Å². The van der Waals surface area contributed by atoms with E-state index in [2.05, 4.69) is 39.0 Å². The van der Waals surface area contributed by atoms with Gasteiger partial charge in [-0.1, -0.05) is 45.8 Å². The number of benzene rings is 2. The van der Waals surface area contributed by atoms with Gasteiger partial charge in [0.1, 0.15) is 11.7 Å². The second-order valence-electron chi connectivity index (χ2n) is 6.39. The second kappa shape index (κ2) is 6.53. The molecule has 0 saturated heterocycles. The molecule has 0 fully saturated rings. The van der Waals surface area contributed by atoms with Crippen LogP contribution in [-0.4, -0.2) is 19.3 Å². The molecule has 0 aliphatic carbocycles. The molecule has 0 radical (unpaired) electrons. The third-order valence-corrected chi connectivity index (χ3v) is 4.93. The first kappa shape index (κ1) is 16.7. The smallest absolute Gasteiger partial charge is 0.264 e. The maximum atomic E-state index is 12.8. The summed E-state index contributed by atoms with van der Waals surface area (Å²) in [6.07, 6.45) is 3.19. The molecular weight excluding hydrogens is 392 g/mol. The van der Waals surface area contributed by atoms with E-state index in [0.717, 1.165) is 21.3 Å². The quantitative estimate of drug-likeness (QED) is 0.514. The zero-order chi connectivity index (χ0) is 18.3. The number of halogens is 1. The van der Waals surface area contributed by atoms with Gasteiger partial charge in [0.25, 0.3) is 5.56 Å². The monoisotopic (exact) mass is 408 g/mol. The molecule has 0 bridgehead atoms. The molecular formula is C20H17BrN4O. The second-order valence-corrected chi connectivity index (χ2v) is 7.30. The number of hydrogen-bond donors (Lipinski definition) is 0. The van der Waals surface area contributed by atoms with Crippen LogP contribution in [0.4, 0.5) is 0 Å².